The third kappa shape index (κ3) is 5.08. The summed E-state index contributed by atoms with van der Waals surface area (Å²) >= 11 is 12.0. The van der Waals surface area contributed by atoms with E-state index in [1.165, 1.54) is 0 Å². The summed E-state index contributed by atoms with van der Waals surface area (Å²) in [5.41, 5.74) is 0.518. The van der Waals surface area contributed by atoms with E-state index in [4.69, 9.17) is 23.2 Å². The molecule has 112 valence electrons. The first-order chi connectivity index (χ1) is 9.49. The number of hydrogen-bond acceptors (Lipinski definition) is 2. The van der Waals surface area contributed by atoms with Gasteiger partial charge in [-0.1, -0.05) is 43.5 Å². The molecule has 0 aliphatic rings. The molecule has 0 aliphatic carbocycles. The van der Waals surface area contributed by atoms with E-state index in [9.17, 15) is 4.79 Å². The van der Waals surface area contributed by atoms with Crippen LogP contribution in [0.4, 0.5) is 0 Å². The van der Waals surface area contributed by atoms with E-state index in [1.54, 1.807) is 18.2 Å². The van der Waals surface area contributed by atoms with Gasteiger partial charge in [0.25, 0.3) is 0 Å². The minimum absolute atomic E-state index is 0.0360. The van der Waals surface area contributed by atoms with Gasteiger partial charge in [-0.15, -0.1) is 0 Å². The van der Waals surface area contributed by atoms with Crippen LogP contribution >= 0.6 is 23.2 Å². The van der Waals surface area contributed by atoms with Gasteiger partial charge in [-0.05, 0) is 44.5 Å². The van der Waals surface area contributed by atoms with Crippen LogP contribution < -0.4 is 0 Å². The summed E-state index contributed by atoms with van der Waals surface area (Å²) < 4.78 is 0. The van der Waals surface area contributed by atoms with Crippen LogP contribution in [0.15, 0.2) is 18.2 Å². The molecule has 0 radical (unpaired) electrons. The maximum absolute atomic E-state index is 12.4. The molecule has 0 heterocycles. The van der Waals surface area contributed by atoms with Gasteiger partial charge in [0.1, 0.15) is 0 Å². The van der Waals surface area contributed by atoms with Gasteiger partial charge in [0, 0.05) is 16.6 Å². The zero-order valence-corrected chi connectivity index (χ0v) is 14.0. The molecule has 0 aliphatic heterocycles. The Morgan fingerprint density at radius 1 is 1.30 bits per heavy atom. The first-order valence-electron chi connectivity index (χ1n) is 7.21. The molecule has 20 heavy (non-hydrogen) atoms. The lowest BCUT2D eigenvalue weighted by Crippen LogP contribution is -2.37. The van der Waals surface area contributed by atoms with Gasteiger partial charge in [0.15, 0.2) is 5.78 Å². The summed E-state index contributed by atoms with van der Waals surface area (Å²) in [5, 5.41) is 1.01. The molecule has 2 nitrogen and oxygen atoms in total. The molecule has 1 atom stereocenters. The predicted octanol–water partition coefficient (Wildman–Crippen LogP) is 5.08. The van der Waals surface area contributed by atoms with Crippen molar-refractivity contribution in [2.75, 3.05) is 13.1 Å². The standard InChI is InChI=1S/C16H23Cl2NO/c1-4-6-9-19(12(3)5-2)11-16(20)14-10-13(17)7-8-15(14)18/h7-8,10,12H,4-6,9,11H2,1-3H3. The second-order valence-electron chi connectivity index (χ2n) is 5.13. The van der Waals surface area contributed by atoms with Gasteiger partial charge >= 0.3 is 0 Å². The van der Waals surface area contributed by atoms with Crippen molar-refractivity contribution in [2.45, 2.75) is 46.1 Å². The van der Waals surface area contributed by atoms with E-state index in [0.29, 0.717) is 28.2 Å². The lowest BCUT2D eigenvalue weighted by atomic mass is 10.1. The third-order valence-electron chi connectivity index (χ3n) is 3.59. The van der Waals surface area contributed by atoms with E-state index in [0.717, 1.165) is 25.8 Å². The highest BCUT2D eigenvalue weighted by Crippen LogP contribution is 2.21. The van der Waals surface area contributed by atoms with Crippen LogP contribution in [0.2, 0.25) is 10.0 Å². The smallest absolute Gasteiger partial charge is 0.178 e. The summed E-state index contributed by atoms with van der Waals surface area (Å²) in [7, 11) is 0. The van der Waals surface area contributed by atoms with Crippen molar-refractivity contribution in [1.82, 2.24) is 4.90 Å². The summed E-state index contributed by atoms with van der Waals surface area (Å²) in [6.07, 6.45) is 3.25. The molecule has 0 amide bonds. The van der Waals surface area contributed by atoms with Crippen LogP contribution in [0.5, 0.6) is 0 Å². The van der Waals surface area contributed by atoms with E-state index >= 15 is 0 Å². The van der Waals surface area contributed by atoms with Gasteiger partial charge in [-0.25, -0.2) is 0 Å². The molecule has 4 heteroatoms. The first kappa shape index (κ1) is 17.5. The number of ketones is 1. The fourth-order valence-electron chi connectivity index (χ4n) is 2.06. The van der Waals surface area contributed by atoms with Crippen molar-refractivity contribution in [2.24, 2.45) is 0 Å². The monoisotopic (exact) mass is 315 g/mol. The Morgan fingerprint density at radius 2 is 2.00 bits per heavy atom. The van der Waals surface area contributed by atoms with Crippen molar-refractivity contribution in [3.05, 3.63) is 33.8 Å². The van der Waals surface area contributed by atoms with Crippen LogP contribution in [0.3, 0.4) is 0 Å². The van der Waals surface area contributed by atoms with Crippen LogP contribution in [-0.4, -0.2) is 29.8 Å². The number of carbonyl (C=O) groups is 1. The minimum Gasteiger partial charge on any atom is -0.293 e. The molecule has 0 aromatic heterocycles. The van der Waals surface area contributed by atoms with Crippen LogP contribution in [0.1, 0.15) is 50.4 Å². The second kappa shape index (κ2) is 8.66. The molecular weight excluding hydrogens is 293 g/mol. The van der Waals surface area contributed by atoms with Crippen LogP contribution in [0.25, 0.3) is 0 Å². The van der Waals surface area contributed by atoms with E-state index < -0.39 is 0 Å². The molecule has 1 aromatic carbocycles. The molecule has 1 unspecified atom stereocenters. The lowest BCUT2D eigenvalue weighted by molar-refractivity contribution is 0.0894. The Balaban J connectivity index is 2.81. The number of Topliss-reactive ketones (excluding diaryl/α,β-unsaturated/α-hetero) is 1. The Hall–Kier alpha value is -0.570. The van der Waals surface area contributed by atoms with E-state index in [1.807, 2.05) is 0 Å². The largest absolute Gasteiger partial charge is 0.293 e. The quantitative estimate of drug-likeness (QED) is 0.624. The topological polar surface area (TPSA) is 20.3 Å². The zero-order chi connectivity index (χ0) is 15.1. The van der Waals surface area contributed by atoms with Crippen molar-refractivity contribution in [1.29, 1.82) is 0 Å². The number of unbranched alkanes of at least 4 members (excludes halogenated alkanes) is 1. The molecule has 0 N–H and O–H groups in total. The van der Waals surface area contributed by atoms with Crippen molar-refractivity contribution in [3.8, 4) is 0 Å². The van der Waals surface area contributed by atoms with E-state index in [-0.39, 0.29) is 5.78 Å². The predicted molar refractivity (Wildman–Crippen MR) is 87.0 cm³/mol. The van der Waals surface area contributed by atoms with E-state index in [2.05, 4.69) is 25.7 Å². The lowest BCUT2D eigenvalue weighted by Gasteiger charge is -2.27. The normalized spacial score (nSPS) is 12.7. The fourth-order valence-corrected chi connectivity index (χ4v) is 2.45. The van der Waals surface area contributed by atoms with Crippen molar-refractivity contribution < 1.29 is 4.79 Å². The Labute approximate surface area is 132 Å². The maximum atomic E-state index is 12.4. The summed E-state index contributed by atoms with van der Waals surface area (Å²) in [4.78, 5) is 14.7. The highest BCUT2D eigenvalue weighted by molar-refractivity contribution is 6.36. The number of carbonyl (C=O) groups excluding carboxylic acids is 1. The third-order valence-corrected chi connectivity index (χ3v) is 4.15. The second-order valence-corrected chi connectivity index (χ2v) is 5.97. The SMILES string of the molecule is CCCCN(CC(=O)c1cc(Cl)ccc1Cl)C(C)CC. The number of benzene rings is 1. The number of halogens is 2. The zero-order valence-electron chi connectivity index (χ0n) is 12.5. The van der Waals surface area contributed by atoms with Crippen molar-refractivity contribution >= 4 is 29.0 Å². The Bertz CT molecular complexity index is 448. The molecule has 1 rings (SSSR count). The van der Waals surface area contributed by atoms with Gasteiger partial charge < -0.3 is 0 Å². The Kier molecular flexibility index (Phi) is 7.57. The first-order valence-corrected chi connectivity index (χ1v) is 7.97. The summed E-state index contributed by atoms with van der Waals surface area (Å²) in [6.45, 7) is 7.79. The molecule has 0 saturated carbocycles. The average molecular weight is 316 g/mol. The number of nitrogens with zero attached hydrogens (tertiary/aromatic N) is 1. The highest BCUT2D eigenvalue weighted by atomic mass is 35.5. The maximum Gasteiger partial charge on any atom is 0.178 e. The number of rotatable bonds is 8. The number of hydrogen-bond donors (Lipinski definition) is 0. The summed E-state index contributed by atoms with van der Waals surface area (Å²) in [6, 6.07) is 5.42. The van der Waals surface area contributed by atoms with Crippen LogP contribution in [-0.2, 0) is 0 Å². The van der Waals surface area contributed by atoms with Gasteiger partial charge in [0.2, 0.25) is 0 Å². The molecule has 0 bridgehead atoms. The molecule has 0 fully saturated rings. The molecule has 0 saturated heterocycles. The summed E-state index contributed by atoms with van der Waals surface area (Å²) in [5.74, 6) is 0.0360. The molecular formula is C16H23Cl2NO. The average Bonchev–Trinajstić information content (AvgIpc) is 2.44. The van der Waals surface area contributed by atoms with Gasteiger partial charge in [0.05, 0.1) is 11.6 Å². The Morgan fingerprint density at radius 3 is 2.60 bits per heavy atom. The fraction of sp³-hybridized carbons (Fsp3) is 0.562. The van der Waals surface area contributed by atoms with Gasteiger partial charge in [-0.2, -0.15) is 0 Å². The molecule has 1 aromatic rings. The van der Waals surface area contributed by atoms with Crippen molar-refractivity contribution in [3.63, 3.8) is 0 Å². The molecule has 0 spiro atoms. The van der Waals surface area contributed by atoms with Gasteiger partial charge in [-0.3, -0.25) is 9.69 Å². The minimum atomic E-state index is 0.0360. The van der Waals surface area contributed by atoms with Crippen LogP contribution in [0, 0.1) is 0 Å². The highest BCUT2D eigenvalue weighted by Gasteiger charge is 2.18.